The number of hydrogen-bond acceptors (Lipinski definition) is 5. The lowest BCUT2D eigenvalue weighted by Gasteiger charge is -2.35. The van der Waals surface area contributed by atoms with E-state index in [0.29, 0.717) is 0 Å². The Hall–Kier alpha value is -2.89. The molecule has 0 amide bonds. The van der Waals surface area contributed by atoms with Crippen molar-refractivity contribution in [3.63, 3.8) is 0 Å². The summed E-state index contributed by atoms with van der Waals surface area (Å²) in [4.78, 5) is 12.4. The zero-order valence-electron chi connectivity index (χ0n) is 18.9. The quantitative estimate of drug-likeness (QED) is 0.552. The van der Waals surface area contributed by atoms with Crippen LogP contribution in [-0.2, 0) is 4.74 Å². The minimum absolute atomic E-state index is 0. The number of piperazine rings is 1. The van der Waals surface area contributed by atoms with Gasteiger partial charge in [0.05, 0.1) is 18.9 Å². The number of fused-ring (bicyclic) bond motifs is 1. The number of pyridine rings is 1. The van der Waals surface area contributed by atoms with Crippen molar-refractivity contribution < 1.29 is 4.74 Å². The van der Waals surface area contributed by atoms with Gasteiger partial charge in [0.1, 0.15) is 5.82 Å². The maximum atomic E-state index is 5.46. The van der Waals surface area contributed by atoms with E-state index >= 15 is 0 Å². The zero-order chi connectivity index (χ0) is 21.8. The minimum Gasteiger partial charge on any atom is -0.378 e. The molecule has 3 heterocycles. The number of aromatic nitrogens is 1. The van der Waals surface area contributed by atoms with Gasteiger partial charge in [0.2, 0.25) is 0 Å². The Balaban J connectivity index is 0.00000259. The van der Waals surface area contributed by atoms with Crippen LogP contribution in [0.15, 0.2) is 54.6 Å². The SMILES string of the molecule is C.CCN1CCN(c2nc(/C=C/c3ccc(N4CCOCC4)cc3)cc3ccccc23)CC1. The molecule has 2 aromatic carbocycles. The second-order valence-corrected chi connectivity index (χ2v) is 8.54. The number of benzene rings is 2. The van der Waals surface area contributed by atoms with E-state index in [1.54, 1.807) is 0 Å². The minimum atomic E-state index is 0. The molecular formula is C28H36N4O. The Morgan fingerprint density at radius 3 is 2.30 bits per heavy atom. The number of ether oxygens (including phenoxy) is 1. The predicted octanol–water partition coefficient (Wildman–Crippen LogP) is 5.02. The van der Waals surface area contributed by atoms with Gasteiger partial charge in [-0.25, -0.2) is 4.98 Å². The largest absolute Gasteiger partial charge is 0.378 e. The summed E-state index contributed by atoms with van der Waals surface area (Å²) in [7, 11) is 0. The smallest absolute Gasteiger partial charge is 0.137 e. The van der Waals surface area contributed by atoms with Gasteiger partial charge in [-0.1, -0.05) is 56.8 Å². The molecule has 5 nitrogen and oxygen atoms in total. The van der Waals surface area contributed by atoms with Gasteiger partial charge >= 0.3 is 0 Å². The Morgan fingerprint density at radius 2 is 1.58 bits per heavy atom. The van der Waals surface area contributed by atoms with E-state index in [2.05, 4.69) is 88.4 Å². The maximum Gasteiger partial charge on any atom is 0.137 e. The van der Waals surface area contributed by atoms with Gasteiger partial charge in [-0.15, -0.1) is 0 Å². The highest BCUT2D eigenvalue weighted by Crippen LogP contribution is 2.27. The second-order valence-electron chi connectivity index (χ2n) is 8.54. The van der Waals surface area contributed by atoms with E-state index in [4.69, 9.17) is 9.72 Å². The van der Waals surface area contributed by atoms with Gasteiger partial charge in [0.25, 0.3) is 0 Å². The van der Waals surface area contributed by atoms with Crippen LogP contribution in [0.2, 0.25) is 0 Å². The fourth-order valence-corrected chi connectivity index (χ4v) is 4.60. The highest BCUT2D eigenvalue weighted by Gasteiger charge is 2.19. The molecule has 0 spiro atoms. The standard InChI is InChI=1S/C27H32N4O.CH4/c1-2-29-13-15-31(16-14-29)27-26-6-4-3-5-23(26)21-24(28-27)10-7-22-8-11-25(12-9-22)30-17-19-32-20-18-30;/h3-12,21H,2,13-20H2,1H3;1H4/b10-7+;. The van der Waals surface area contributed by atoms with Gasteiger partial charge in [-0.2, -0.15) is 0 Å². The van der Waals surface area contributed by atoms with Crippen LogP contribution in [0, 0.1) is 0 Å². The fourth-order valence-electron chi connectivity index (χ4n) is 4.60. The highest BCUT2D eigenvalue weighted by molar-refractivity contribution is 5.94. The number of nitrogens with zero attached hydrogens (tertiary/aromatic N) is 4. The molecule has 0 N–H and O–H groups in total. The number of likely N-dealkylation sites (N-methyl/N-ethyl adjacent to an activating group) is 1. The molecule has 0 atom stereocenters. The van der Waals surface area contributed by atoms with Crippen LogP contribution in [0.5, 0.6) is 0 Å². The van der Waals surface area contributed by atoms with Gasteiger partial charge in [0, 0.05) is 50.3 Å². The van der Waals surface area contributed by atoms with Crippen LogP contribution in [0.3, 0.4) is 0 Å². The van der Waals surface area contributed by atoms with E-state index in [9.17, 15) is 0 Å². The van der Waals surface area contributed by atoms with Gasteiger partial charge in [0.15, 0.2) is 0 Å². The molecule has 0 radical (unpaired) electrons. The summed E-state index contributed by atoms with van der Waals surface area (Å²) in [6.07, 6.45) is 4.31. The summed E-state index contributed by atoms with van der Waals surface area (Å²) in [6, 6.07) is 19.6. The third-order valence-corrected chi connectivity index (χ3v) is 6.57. The first-order chi connectivity index (χ1) is 15.8. The first-order valence-electron chi connectivity index (χ1n) is 11.8. The summed E-state index contributed by atoms with van der Waals surface area (Å²) in [5, 5.41) is 2.49. The van der Waals surface area contributed by atoms with Crippen LogP contribution >= 0.6 is 0 Å². The van der Waals surface area contributed by atoms with Crippen molar-refractivity contribution in [2.45, 2.75) is 14.4 Å². The van der Waals surface area contributed by atoms with Crippen LogP contribution in [0.25, 0.3) is 22.9 Å². The number of hydrogen-bond donors (Lipinski definition) is 0. The summed E-state index contributed by atoms with van der Waals surface area (Å²) in [5.41, 5.74) is 3.46. The third-order valence-electron chi connectivity index (χ3n) is 6.57. The Morgan fingerprint density at radius 1 is 0.848 bits per heavy atom. The maximum absolute atomic E-state index is 5.46. The number of anilines is 2. The van der Waals surface area contributed by atoms with Crippen LogP contribution in [0.4, 0.5) is 11.5 Å². The third kappa shape index (κ3) is 5.37. The zero-order valence-corrected chi connectivity index (χ0v) is 18.9. The average molecular weight is 445 g/mol. The van der Waals surface area contributed by atoms with Crippen molar-refractivity contribution in [3.8, 4) is 0 Å². The summed E-state index contributed by atoms with van der Waals surface area (Å²) < 4.78 is 5.46. The lowest BCUT2D eigenvalue weighted by atomic mass is 10.1. The van der Waals surface area contributed by atoms with Gasteiger partial charge < -0.3 is 19.4 Å². The molecular weight excluding hydrogens is 408 g/mol. The van der Waals surface area contributed by atoms with E-state index in [-0.39, 0.29) is 7.43 Å². The van der Waals surface area contributed by atoms with Crippen molar-refractivity contribution >= 4 is 34.4 Å². The van der Waals surface area contributed by atoms with Crippen molar-refractivity contribution in [2.75, 3.05) is 68.8 Å². The molecule has 2 saturated heterocycles. The van der Waals surface area contributed by atoms with E-state index in [1.807, 2.05) is 0 Å². The molecule has 3 aromatic rings. The molecule has 5 rings (SSSR count). The lowest BCUT2D eigenvalue weighted by molar-refractivity contribution is 0.122. The number of rotatable bonds is 5. The molecule has 0 unspecified atom stereocenters. The first-order valence-corrected chi connectivity index (χ1v) is 11.8. The highest BCUT2D eigenvalue weighted by atomic mass is 16.5. The second kappa shape index (κ2) is 10.8. The molecule has 33 heavy (non-hydrogen) atoms. The molecule has 1 aromatic heterocycles. The van der Waals surface area contributed by atoms with E-state index < -0.39 is 0 Å². The van der Waals surface area contributed by atoms with Crippen LogP contribution in [0.1, 0.15) is 25.6 Å². The summed E-state index contributed by atoms with van der Waals surface area (Å²) in [5.74, 6) is 1.11. The van der Waals surface area contributed by atoms with Gasteiger partial charge in [-0.3, -0.25) is 0 Å². The molecule has 0 saturated carbocycles. The van der Waals surface area contributed by atoms with Crippen LogP contribution < -0.4 is 9.80 Å². The van der Waals surface area contributed by atoms with E-state index in [1.165, 1.54) is 22.0 Å². The van der Waals surface area contributed by atoms with E-state index in [0.717, 1.165) is 70.5 Å². The Labute approximate surface area is 198 Å². The molecule has 5 heteroatoms. The molecule has 2 aliphatic rings. The molecule has 0 bridgehead atoms. The topological polar surface area (TPSA) is 31.8 Å². The molecule has 2 aliphatic heterocycles. The van der Waals surface area contributed by atoms with Crippen LogP contribution in [-0.4, -0.2) is 68.9 Å². The van der Waals surface area contributed by atoms with Gasteiger partial charge in [-0.05, 0) is 41.8 Å². The van der Waals surface area contributed by atoms with Crippen molar-refractivity contribution in [1.82, 2.24) is 9.88 Å². The first kappa shape index (κ1) is 23.3. The Bertz CT molecular complexity index is 1060. The normalized spacial score (nSPS) is 17.5. The predicted molar refractivity (Wildman–Crippen MR) is 141 cm³/mol. The fraction of sp³-hybridized carbons (Fsp3) is 0.393. The van der Waals surface area contributed by atoms with Crippen molar-refractivity contribution in [1.29, 1.82) is 0 Å². The summed E-state index contributed by atoms with van der Waals surface area (Å²) >= 11 is 0. The average Bonchev–Trinajstić information content (AvgIpc) is 2.88. The monoisotopic (exact) mass is 444 g/mol. The summed E-state index contributed by atoms with van der Waals surface area (Å²) in [6.45, 7) is 11.2. The Kier molecular flexibility index (Phi) is 7.63. The van der Waals surface area contributed by atoms with Crippen molar-refractivity contribution in [2.24, 2.45) is 0 Å². The molecule has 0 aliphatic carbocycles. The van der Waals surface area contributed by atoms with Crippen molar-refractivity contribution in [3.05, 3.63) is 65.9 Å². The molecule has 2 fully saturated rings. The number of morpholine rings is 1. The lowest BCUT2D eigenvalue weighted by Crippen LogP contribution is -2.46. The molecule has 174 valence electrons.